The monoisotopic (exact) mass is 428 g/mol. The molecule has 6 heteroatoms. The molecule has 0 aliphatic rings. The predicted octanol–water partition coefficient (Wildman–Crippen LogP) is 6.69. The zero-order valence-corrected chi connectivity index (χ0v) is 18.9. The summed E-state index contributed by atoms with van der Waals surface area (Å²) in [6, 6.07) is 13.5. The zero-order valence-electron chi connectivity index (χ0n) is 17.2. The molecular formula is C24H20N4S2. The first-order valence-electron chi connectivity index (χ1n) is 9.87. The summed E-state index contributed by atoms with van der Waals surface area (Å²) in [5.74, 6) is 2.04. The topological polar surface area (TPSA) is 35.6 Å². The maximum absolute atomic E-state index is 4.59. The Morgan fingerprint density at radius 2 is 1.10 bits per heavy atom. The molecule has 148 valence electrons. The summed E-state index contributed by atoms with van der Waals surface area (Å²) in [6.07, 6.45) is 3.86. The van der Waals surface area contributed by atoms with Crippen LogP contribution in [-0.4, -0.2) is 19.1 Å². The van der Waals surface area contributed by atoms with E-state index < -0.39 is 0 Å². The van der Waals surface area contributed by atoms with Gasteiger partial charge in [0.05, 0.1) is 9.40 Å². The molecule has 6 rings (SSSR count). The number of hydrogen-bond donors (Lipinski definition) is 0. The fraction of sp³-hybridized carbons (Fsp3) is 0.167. The van der Waals surface area contributed by atoms with Crippen molar-refractivity contribution < 1.29 is 0 Å². The van der Waals surface area contributed by atoms with Gasteiger partial charge in [-0.1, -0.05) is 24.3 Å². The molecule has 0 radical (unpaired) electrons. The maximum atomic E-state index is 4.59. The molecule has 0 atom stereocenters. The number of hydrogen-bond acceptors (Lipinski definition) is 4. The van der Waals surface area contributed by atoms with E-state index in [-0.39, 0.29) is 0 Å². The fourth-order valence-electron chi connectivity index (χ4n) is 4.06. The van der Waals surface area contributed by atoms with Crippen LogP contribution in [0.4, 0.5) is 0 Å². The van der Waals surface area contributed by atoms with Crippen LogP contribution in [0.1, 0.15) is 11.4 Å². The fourth-order valence-corrected chi connectivity index (χ4v) is 6.79. The van der Waals surface area contributed by atoms with E-state index in [1.54, 1.807) is 0 Å². The highest BCUT2D eigenvalue weighted by Crippen LogP contribution is 2.45. The second-order valence-electron chi connectivity index (χ2n) is 7.85. The highest BCUT2D eigenvalue weighted by atomic mass is 32.1. The van der Waals surface area contributed by atoms with Crippen LogP contribution in [0.2, 0.25) is 0 Å². The number of benzene rings is 2. The minimum Gasteiger partial charge on any atom is -0.331 e. The lowest BCUT2D eigenvalue weighted by molar-refractivity contribution is 0.884. The summed E-state index contributed by atoms with van der Waals surface area (Å²) >= 11 is 3.76. The molecule has 0 saturated carbocycles. The summed E-state index contributed by atoms with van der Waals surface area (Å²) in [5.41, 5.74) is 4.68. The molecule has 2 aromatic carbocycles. The molecule has 0 fully saturated rings. The van der Waals surface area contributed by atoms with Crippen molar-refractivity contribution in [2.75, 3.05) is 0 Å². The van der Waals surface area contributed by atoms with Gasteiger partial charge in [0.2, 0.25) is 0 Å². The van der Waals surface area contributed by atoms with E-state index in [2.05, 4.69) is 83.4 Å². The number of aromatic nitrogens is 4. The van der Waals surface area contributed by atoms with Crippen molar-refractivity contribution in [3.8, 4) is 22.8 Å². The molecular weight excluding hydrogens is 408 g/mol. The molecule has 0 bridgehead atoms. The van der Waals surface area contributed by atoms with Crippen molar-refractivity contribution in [3.63, 3.8) is 0 Å². The standard InChI is InChI=1S/C24H20N4S2/c1-13-11-25-23(27(13)3)15-5-7-17-19(9-15)29-22-18-8-6-16(10-20(18)30-21(17)22)24-26-12-14(2)28(24)4/h5-12H,1-4H3. The van der Waals surface area contributed by atoms with E-state index in [9.17, 15) is 0 Å². The summed E-state index contributed by atoms with van der Waals surface area (Å²) in [6.45, 7) is 4.17. The molecule has 0 aliphatic heterocycles. The normalized spacial score (nSPS) is 12.0. The molecule has 0 aliphatic carbocycles. The molecule has 0 saturated heterocycles. The van der Waals surface area contributed by atoms with Crippen molar-refractivity contribution in [3.05, 3.63) is 60.2 Å². The molecule has 6 aromatic rings. The molecule has 0 N–H and O–H groups in total. The van der Waals surface area contributed by atoms with Gasteiger partial charge in [0, 0.05) is 69.2 Å². The van der Waals surface area contributed by atoms with Crippen LogP contribution in [0.25, 0.3) is 52.3 Å². The maximum Gasteiger partial charge on any atom is 0.139 e. The third-order valence-corrected chi connectivity index (χ3v) is 8.54. The van der Waals surface area contributed by atoms with E-state index in [0.717, 1.165) is 11.6 Å². The summed E-state index contributed by atoms with van der Waals surface area (Å²) < 4.78 is 9.68. The Morgan fingerprint density at radius 3 is 1.47 bits per heavy atom. The van der Waals surface area contributed by atoms with E-state index >= 15 is 0 Å². The zero-order chi connectivity index (χ0) is 20.6. The van der Waals surface area contributed by atoms with E-state index in [0.29, 0.717) is 0 Å². The van der Waals surface area contributed by atoms with Gasteiger partial charge in [0.15, 0.2) is 0 Å². The SMILES string of the molecule is Cc1cnc(-c2ccc3c(c2)sc2c4ccc(-c5ncc(C)n5C)cc4sc32)n1C. The molecule has 4 aromatic heterocycles. The Labute approximate surface area is 182 Å². The van der Waals surface area contributed by atoms with Crippen LogP contribution >= 0.6 is 22.7 Å². The van der Waals surface area contributed by atoms with Gasteiger partial charge < -0.3 is 9.13 Å². The van der Waals surface area contributed by atoms with Gasteiger partial charge in [-0.15, -0.1) is 22.7 Å². The average Bonchev–Trinajstić information content (AvgIpc) is 3.46. The van der Waals surface area contributed by atoms with Gasteiger partial charge in [-0.3, -0.25) is 0 Å². The Kier molecular flexibility index (Phi) is 3.73. The third kappa shape index (κ3) is 2.44. The van der Waals surface area contributed by atoms with Crippen LogP contribution in [0, 0.1) is 13.8 Å². The van der Waals surface area contributed by atoms with Crippen LogP contribution in [0.15, 0.2) is 48.8 Å². The summed E-state index contributed by atoms with van der Waals surface area (Å²) in [7, 11) is 4.14. The van der Waals surface area contributed by atoms with Crippen LogP contribution in [-0.2, 0) is 14.1 Å². The number of rotatable bonds is 2. The van der Waals surface area contributed by atoms with E-state index in [1.165, 1.54) is 52.1 Å². The molecule has 4 heterocycles. The first-order chi connectivity index (χ1) is 14.5. The molecule has 0 amide bonds. The minimum atomic E-state index is 1.02. The Balaban J connectivity index is 1.52. The van der Waals surface area contributed by atoms with Crippen molar-refractivity contribution in [2.24, 2.45) is 14.1 Å². The highest BCUT2D eigenvalue weighted by Gasteiger charge is 2.16. The Bertz CT molecular complexity index is 1470. The van der Waals surface area contributed by atoms with Crippen LogP contribution in [0.3, 0.4) is 0 Å². The molecule has 0 unspecified atom stereocenters. The van der Waals surface area contributed by atoms with Crippen molar-refractivity contribution in [2.45, 2.75) is 13.8 Å². The minimum absolute atomic E-state index is 1.02. The van der Waals surface area contributed by atoms with Gasteiger partial charge in [0.25, 0.3) is 0 Å². The van der Waals surface area contributed by atoms with Gasteiger partial charge in [-0.2, -0.15) is 0 Å². The largest absolute Gasteiger partial charge is 0.331 e. The van der Waals surface area contributed by atoms with E-state index in [1.807, 2.05) is 35.1 Å². The number of imidazole rings is 2. The third-order valence-electron chi connectivity index (χ3n) is 6.04. The smallest absolute Gasteiger partial charge is 0.139 e. The lowest BCUT2D eigenvalue weighted by Gasteiger charge is -2.04. The number of nitrogens with zero attached hydrogens (tertiary/aromatic N) is 4. The quantitative estimate of drug-likeness (QED) is 0.308. The lowest BCUT2D eigenvalue weighted by atomic mass is 10.1. The average molecular weight is 429 g/mol. The number of aryl methyl sites for hydroxylation is 2. The van der Waals surface area contributed by atoms with Crippen LogP contribution < -0.4 is 0 Å². The van der Waals surface area contributed by atoms with Gasteiger partial charge in [0.1, 0.15) is 11.6 Å². The predicted molar refractivity (Wildman–Crippen MR) is 129 cm³/mol. The molecule has 4 nitrogen and oxygen atoms in total. The van der Waals surface area contributed by atoms with Crippen molar-refractivity contribution >= 4 is 52.2 Å². The number of thiophene rings is 2. The number of fused-ring (bicyclic) bond motifs is 5. The van der Waals surface area contributed by atoms with Gasteiger partial charge in [-0.25, -0.2) is 9.97 Å². The molecule has 30 heavy (non-hydrogen) atoms. The first-order valence-corrected chi connectivity index (χ1v) is 11.5. The second-order valence-corrected chi connectivity index (χ2v) is 9.95. The summed E-state index contributed by atoms with van der Waals surface area (Å²) in [5, 5.41) is 2.67. The molecule has 0 spiro atoms. The Morgan fingerprint density at radius 1 is 0.667 bits per heavy atom. The lowest BCUT2D eigenvalue weighted by Crippen LogP contribution is -1.94. The highest BCUT2D eigenvalue weighted by molar-refractivity contribution is 7.36. The van der Waals surface area contributed by atoms with E-state index in [4.69, 9.17) is 0 Å². The van der Waals surface area contributed by atoms with Crippen molar-refractivity contribution in [1.82, 2.24) is 19.1 Å². The van der Waals surface area contributed by atoms with Gasteiger partial charge >= 0.3 is 0 Å². The first kappa shape index (κ1) is 17.9. The Hall–Kier alpha value is -2.96. The van der Waals surface area contributed by atoms with Crippen molar-refractivity contribution in [1.29, 1.82) is 0 Å². The second kappa shape index (κ2) is 6.27. The van der Waals surface area contributed by atoms with Crippen LogP contribution in [0.5, 0.6) is 0 Å². The summed E-state index contributed by atoms with van der Waals surface area (Å²) in [4.78, 5) is 9.19. The van der Waals surface area contributed by atoms with Gasteiger partial charge in [-0.05, 0) is 26.0 Å².